The van der Waals surface area contributed by atoms with Crippen LogP contribution >= 0.6 is 0 Å². The summed E-state index contributed by atoms with van der Waals surface area (Å²) in [4.78, 5) is 35.5. The number of piperidine rings is 1. The molecule has 160 valence electrons. The Morgan fingerprint density at radius 1 is 0.862 bits per heavy atom. The molecule has 2 aliphatic heterocycles. The Kier molecular flexibility index (Phi) is 8.92. The van der Waals surface area contributed by atoms with E-state index in [1.165, 1.54) is 38.8 Å². The minimum Gasteiger partial charge on any atom is -0.497 e. The second-order valence-corrected chi connectivity index (χ2v) is 7.31. The molecule has 0 saturated carbocycles. The van der Waals surface area contributed by atoms with Gasteiger partial charge in [-0.1, -0.05) is 12.8 Å². The highest BCUT2D eigenvalue weighted by molar-refractivity contribution is 6.27. The summed E-state index contributed by atoms with van der Waals surface area (Å²) in [6.45, 7) is 4.26. The van der Waals surface area contributed by atoms with Gasteiger partial charge in [0, 0.05) is 24.7 Å². The van der Waals surface area contributed by atoms with E-state index in [9.17, 15) is 4.79 Å². The molecule has 2 aliphatic rings. The van der Waals surface area contributed by atoms with Crippen LogP contribution in [0, 0.1) is 0 Å². The van der Waals surface area contributed by atoms with E-state index in [1.807, 2.05) is 29.2 Å². The molecule has 0 radical (unpaired) electrons. The number of amides is 1. The molecule has 2 saturated heterocycles. The fraction of sp³-hybridized carbons (Fsp3) is 0.571. The zero-order chi connectivity index (χ0) is 21.2. The summed E-state index contributed by atoms with van der Waals surface area (Å²) in [5.74, 6) is -2.70. The number of rotatable bonds is 3. The van der Waals surface area contributed by atoms with E-state index < -0.39 is 11.9 Å². The van der Waals surface area contributed by atoms with Crippen molar-refractivity contribution in [3.8, 4) is 5.75 Å². The first kappa shape index (κ1) is 22.7. The lowest BCUT2D eigenvalue weighted by Crippen LogP contribution is -2.47. The highest BCUT2D eigenvalue weighted by Crippen LogP contribution is 2.22. The second kappa shape index (κ2) is 11.4. The maximum Gasteiger partial charge on any atom is 0.414 e. The number of carbonyl (C=O) groups excluding carboxylic acids is 1. The molecule has 3 rings (SSSR count). The minimum absolute atomic E-state index is 0.155. The first-order chi connectivity index (χ1) is 13.9. The van der Waals surface area contributed by atoms with E-state index in [-0.39, 0.29) is 5.91 Å². The quantitative estimate of drug-likeness (QED) is 0.742. The molecule has 2 fully saturated rings. The summed E-state index contributed by atoms with van der Waals surface area (Å²) in [5, 5.41) is 14.8. The summed E-state index contributed by atoms with van der Waals surface area (Å²) < 4.78 is 5.16. The number of methoxy groups -OCH3 is 1. The van der Waals surface area contributed by atoms with Gasteiger partial charge in [0.25, 0.3) is 5.91 Å². The van der Waals surface area contributed by atoms with Crippen molar-refractivity contribution in [2.75, 3.05) is 33.3 Å². The Morgan fingerprint density at radius 3 is 1.83 bits per heavy atom. The highest BCUT2D eigenvalue weighted by Gasteiger charge is 2.27. The first-order valence-corrected chi connectivity index (χ1v) is 10.1. The Hall–Kier alpha value is -2.61. The lowest BCUT2D eigenvalue weighted by molar-refractivity contribution is -0.159. The van der Waals surface area contributed by atoms with Gasteiger partial charge in [-0.2, -0.15) is 0 Å². The third-order valence-corrected chi connectivity index (χ3v) is 5.43. The molecule has 2 heterocycles. The SMILES string of the molecule is COc1ccc(C(=O)N2CCC(N3CCCCCC3)CC2)cc1.O=C(O)C(=O)O. The van der Waals surface area contributed by atoms with Crippen molar-refractivity contribution in [1.82, 2.24) is 9.80 Å². The van der Waals surface area contributed by atoms with Crippen LogP contribution in [0.15, 0.2) is 24.3 Å². The largest absolute Gasteiger partial charge is 0.497 e. The smallest absolute Gasteiger partial charge is 0.414 e. The lowest BCUT2D eigenvalue weighted by atomic mass is 10.0. The van der Waals surface area contributed by atoms with E-state index in [0.29, 0.717) is 6.04 Å². The van der Waals surface area contributed by atoms with Crippen LogP contribution in [-0.4, -0.2) is 77.2 Å². The van der Waals surface area contributed by atoms with Crippen LogP contribution in [0.1, 0.15) is 48.9 Å². The Bertz CT molecular complexity index is 663. The van der Waals surface area contributed by atoms with Crippen molar-refractivity contribution in [3.05, 3.63) is 29.8 Å². The van der Waals surface area contributed by atoms with Gasteiger partial charge in [-0.25, -0.2) is 9.59 Å². The number of hydrogen-bond acceptors (Lipinski definition) is 5. The zero-order valence-electron chi connectivity index (χ0n) is 16.9. The van der Waals surface area contributed by atoms with E-state index in [0.717, 1.165) is 37.2 Å². The topological polar surface area (TPSA) is 107 Å². The summed E-state index contributed by atoms with van der Waals surface area (Å²) in [6.07, 6.45) is 7.66. The number of benzene rings is 1. The van der Waals surface area contributed by atoms with Gasteiger partial charge in [-0.3, -0.25) is 4.79 Å². The molecular weight excluding hydrogens is 376 g/mol. The Balaban J connectivity index is 0.000000438. The number of hydrogen-bond donors (Lipinski definition) is 2. The first-order valence-electron chi connectivity index (χ1n) is 10.1. The van der Waals surface area contributed by atoms with Gasteiger partial charge in [0.15, 0.2) is 0 Å². The van der Waals surface area contributed by atoms with Crippen molar-refractivity contribution in [1.29, 1.82) is 0 Å². The summed E-state index contributed by atoms with van der Waals surface area (Å²) >= 11 is 0. The fourth-order valence-electron chi connectivity index (χ4n) is 3.81. The molecule has 2 N–H and O–H groups in total. The normalized spacial score (nSPS) is 18.2. The predicted molar refractivity (Wildman–Crippen MR) is 107 cm³/mol. The Morgan fingerprint density at radius 2 is 1.38 bits per heavy atom. The number of carboxylic acids is 2. The molecule has 0 spiro atoms. The maximum atomic E-state index is 12.6. The van der Waals surface area contributed by atoms with Crippen molar-refractivity contribution in [3.63, 3.8) is 0 Å². The predicted octanol–water partition coefficient (Wildman–Crippen LogP) is 2.33. The third kappa shape index (κ3) is 7.05. The van der Waals surface area contributed by atoms with Gasteiger partial charge in [0.2, 0.25) is 0 Å². The molecule has 1 aromatic rings. The molecular formula is C21H30N2O6. The molecule has 0 atom stereocenters. The van der Waals surface area contributed by atoms with Crippen LogP contribution in [0.25, 0.3) is 0 Å². The Labute approximate surface area is 171 Å². The molecule has 0 aromatic heterocycles. The molecule has 29 heavy (non-hydrogen) atoms. The summed E-state index contributed by atoms with van der Waals surface area (Å²) in [6, 6.07) is 8.12. The molecule has 8 heteroatoms. The monoisotopic (exact) mass is 406 g/mol. The van der Waals surface area contributed by atoms with Gasteiger partial charge in [0.1, 0.15) is 5.75 Å². The van der Waals surface area contributed by atoms with Gasteiger partial charge in [0.05, 0.1) is 7.11 Å². The van der Waals surface area contributed by atoms with Crippen LogP contribution < -0.4 is 4.74 Å². The summed E-state index contributed by atoms with van der Waals surface area (Å²) in [7, 11) is 1.64. The zero-order valence-corrected chi connectivity index (χ0v) is 16.9. The van der Waals surface area contributed by atoms with Gasteiger partial charge >= 0.3 is 11.9 Å². The van der Waals surface area contributed by atoms with Crippen LogP contribution in [0.4, 0.5) is 0 Å². The van der Waals surface area contributed by atoms with E-state index in [2.05, 4.69) is 4.90 Å². The lowest BCUT2D eigenvalue weighted by Gasteiger charge is -2.38. The van der Waals surface area contributed by atoms with Crippen molar-refractivity contribution in [2.24, 2.45) is 0 Å². The van der Waals surface area contributed by atoms with Crippen molar-refractivity contribution >= 4 is 17.8 Å². The molecule has 0 aliphatic carbocycles. The number of carboxylic acid groups (broad SMARTS) is 2. The van der Waals surface area contributed by atoms with E-state index in [1.54, 1.807) is 7.11 Å². The van der Waals surface area contributed by atoms with Gasteiger partial charge < -0.3 is 24.7 Å². The standard InChI is InChI=1S/C19H28N2O2.C2H2O4/c1-23-18-8-6-16(7-9-18)19(22)21-14-10-17(11-15-21)20-12-4-2-3-5-13-20;3-1(4)2(5)6/h6-9,17H,2-5,10-15H2,1H3;(H,3,4)(H,5,6). The molecule has 8 nitrogen and oxygen atoms in total. The van der Waals surface area contributed by atoms with Gasteiger partial charge in [-0.05, 0) is 63.0 Å². The number of aliphatic carboxylic acids is 2. The van der Waals surface area contributed by atoms with Crippen molar-refractivity contribution < 1.29 is 29.3 Å². The van der Waals surface area contributed by atoms with E-state index >= 15 is 0 Å². The van der Waals surface area contributed by atoms with Crippen molar-refractivity contribution in [2.45, 2.75) is 44.6 Å². The van der Waals surface area contributed by atoms with Crippen LogP contribution in [-0.2, 0) is 9.59 Å². The number of nitrogens with zero attached hydrogens (tertiary/aromatic N) is 2. The van der Waals surface area contributed by atoms with Crippen LogP contribution in [0.5, 0.6) is 5.75 Å². The molecule has 0 bridgehead atoms. The highest BCUT2D eigenvalue weighted by atomic mass is 16.5. The van der Waals surface area contributed by atoms with Crippen LogP contribution in [0.3, 0.4) is 0 Å². The third-order valence-electron chi connectivity index (χ3n) is 5.43. The summed E-state index contributed by atoms with van der Waals surface area (Å²) in [5.41, 5.74) is 0.763. The maximum absolute atomic E-state index is 12.6. The average molecular weight is 406 g/mol. The number of likely N-dealkylation sites (tertiary alicyclic amines) is 2. The fourth-order valence-corrected chi connectivity index (χ4v) is 3.81. The van der Waals surface area contributed by atoms with Crippen LogP contribution in [0.2, 0.25) is 0 Å². The van der Waals surface area contributed by atoms with E-state index in [4.69, 9.17) is 24.5 Å². The number of carbonyl (C=O) groups is 3. The molecule has 1 aromatic carbocycles. The molecule has 1 amide bonds. The minimum atomic E-state index is -1.82. The average Bonchev–Trinajstić information content (AvgIpc) is 3.03. The van der Waals surface area contributed by atoms with Gasteiger partial charge in [-0.15, -0.1) is 0 Å². The second-order valence-electron chi connectivity index (χ2n) is 7.31. The molecule has 0 unspecified atom stereocenters. The number of ether oxygens (including phenoxy) is 1.